The molecule has 1 unspecified atom stereocenters. The highest BCUT2D eigenvalue weighted by Crippen LogP contribution is 2.37. The van der Waals surface area contributed by atoms with Crippen LogP contribution < -0.4 is 10.6 Å². The quantitative estimate of drug-likeness (QED) is 0.660. The van der Waals surface area contributed by atoms with Crippen LogP contribution in [0.4, 0.5) is 9.93 Å². The number of aromatic nitrogens is 1. The number of carbonyl (C=O) groups is 3. The number of hydrogen-bond acceptors (Lipinski definition) is 6. The van der Waals surface area contributed by atoms with E-state index in [9.17, 15) is 14.4 Å². The number of ether oxygens (including phenoxy) is 1. The normalized spacial score (nSPS) is 24.6. The first-order valence-corrected chi connectivity index (χ1v) is 10.3. The molecule has 0 aliphatic heterocycles. The fourth-order valence-electron chi connectivity index (χ4n) is 3.75. The van der Waals surface area contributed by atoms with Crippen LogP contribution in [0.2, 0.25) is 0 Å². The number of carbonyl (C=O) groups excluding carboxylic acids is 2. The van der Waals surface area contributed by atoms with Gasteiger partial charge in [-0.1, -0.05) is 0 Å². The Bertz CT molecular complexity index is 712. The number of rotatable bonds is 5. The van der Waals surface area contributed by atoms with Gasteiger partial charge in [0.15, 0.2) is 5.13 Å². The summed E-state index contributed by atoms with van der Waals surface area (Å²) in [6, 6.07) is -0.366. The zero-order valence-electron chi connectivity index (χ0n) is 15.3. The van der Waals surface area contributed by atoms with Crippen molar-refractivity contribution in [3.63, 3.8) is 0 Å². The van der Waals surface area contributed by atoms with E-state index >= 15 is 0 Å². The third kappa shape index (κ3) is 4.77. The molecule has 1 aromatic heterocycles. The van der Waals surface area contributed by atoms with Crippen molar-refractivity contribution in [2.24, 2.45) is 5.92 Å². The summed E-state index contributed by atoms with van der Waals surface area (Å²) < 4.78 is 5.14. The molecule has 0 saturated heterocycles. The van der Waals surface area contributed by atoms with Gasteiger partial charge in [-0.15, -0.1) is 11.3 Å². The predicted molar refractivity (Wildman–Crippen MR) is 100.0 cm³/mol. The van der Waals surface area contributed by atoms with Gasteiger partial charge in [0, 0.05) is 10.9 Å². The van der Waals surface area contributed by atoms with Crippen molar-refractivity contribution in [2.75, 3.05) is 11.9 Å². The number of nitrogens with zero attached hydrogens (tertiary/aromatic N) is 1. The SMILES string of the molecule is CCOC(=O)C1CCCc2sc(NC(=O)NC3CCC(C(=O)O)CC3)nc21. The van der Waals surface area contributed by atoms with E-state index in [1.165, 1.54) is 11.3 Å². The minimum Gasteiger partial charge on any atom is -0.481 e. The van der Waals surface area contributed by atoms with Crippen LogP contribution in [0.5, 0.6) is 0 Å². The molecule has 1 saturated carbocycles. The maximum atomic E-state index is 12.3. The lowest BCUT2D eigenvalue weighted by atomic mass is 9.86. The van der Waals surface area contributed by atoms with Gasteiger partial charge in [-0.2, -0.15) is 0 Å². The molecule has 2 aliphatic carbocycles. The number of amides is 2. The fraction of sp³-hybridized carbons (Fsp3) is 0.667. The number of thiazole rings is 1. The molecule has 2 amide bonds. The van der Waals surface area contributed by atoms with Gasteiger partial charge in [-0.3, -0.25) is 14.9 Å². The lowest BCUT2D eigenvalue weighted by molar-refractivity contribution is -0.145. The standard InChI is InChI=1S/C18H25N3O5S/c1-2-26-16(24)12-4-3-5-13-14(12)20-18(27-13)21-17(25)19-11-8-6-10(7-9-11)15(22)23/h10-12H,2-9H2,1H3,(H,22,23)(H2,19,20,21,25). The molecule has 8 nitrogen and oxygen atoms in total. The third-order valence-corrected chi connectivity index (χ3v) is 6.20. The van der Waals surface area contributed by atoms with Crippen molar-refractivity contribution in [3.8, 4) is 0 Å². The number of nitrogens with one attached hydrogen (secondary N) is 2. The van der Waals surface area contributed by atoms with E-state index in [4.69, 9.17) is 9.84 Å². The summed E-state index contributed by atoms with van der Waals surface area (Å²) in [6.45, 7) is 2.12. The molecule has 1 heterocycles. The lowest BCUT2D eigenvalue weighted by Crippen LogP contribution is -2.40. The highest BCUT2D eigenvalue weighted by Gasteiger charge is 2.32. The molecule has 0 bridgehead atoms. The van der Waals surface area contributed by atoms with Crippen LogP contribution in [0, 0.1) is 5.92 Å². The Balaban J connectivity index is 1.56. The first-order chi connectivity index (χ1) is 13.0. The molecule has 2 aliphatic rings. The topological polar surface area (TPSA) is 118 Å². The molecule has 3 rings (SSSR count). The molecule has 0 spiro atoms. The van der Waals surface area contributed by atoms with Gasteiger partial charge < -0.3 is 15.2 Å². The number of aliphatic carboxylic acids is 1. The third-order valence-electron chi connectivity index (χ3n) is 5.16. The molecule has 3 N–H and O–H groups in total. The Labute approximate surface area is 161 Å². The van der Waals surface area contributed by atoms with Crippen molar-refractivity contribution in [1.82, 2.24) is 10.3 Å². The van der Waals surface area contributed by atoms with Crippen molar-refractivity contribution in [1.29, 1.82) is 0 Å². The number of fused-ring (bicyclic) bond motifs is 1. The maximum Gasteiger partial charge on any atom is 0.321 e. The molecule has 27 heavy (non-hydrogen) atoms. The Morgan fingerprint density at radius 1 is 1.22 bits per heavy atom. The average molecular weight is 395 g/mol. The van der Waals surface area contributed by atoms with Crippen LogP contribution in [0.15, 0.2) is 0 Å². The molecule has 0 aromatic carbocycles. The Hall–Kier alpha value is -2.16. The Kier molecular flexibility index (Phi) is 6.30. The van der Waals surface area contributed by atoms with Crippen LogP contribution >= 0.6 is 11.3 Å². The average Bonchev–Trinajstić information content (AvgIpc) is 3.04. The number of hydrogen-bond donors (Lipinski definition) is 3. The van der Waals surface area contributed by atoms with Crippen molar-refractivity contribution < 1.29 is 24.2 Å². The second-order valence-electron chi connectivity index (χ2n) is 7.01. The maximum absolute atomic E-state index is 12.3. The van der Waals surface area contributed by atoms with Crippen molar-refractivity contribution in [3.05, 3.63) is 10.6 Å². The zero-order valence-corrected chi connectivity index (χ0v) is 16.1. The molecule has 1 fully saturated rings. The first-order valence-electron chi connectivity index (χ1n) is 9.44. The van der Waals surface area contributed by atoms with Gasteiger partial charge in [-0.05, 0) is 51.9 Å². The van der Waals surface area contributed by atoms with Crippen LogP contribution in [0.3, 0.4) is 0 Å². The number of anilines is 1. The second-order valence-corrected chi connectivity index (χ2v) is 8.09. The number of aryl methyl sites for hydroxylation is 1. The molecular weight excluding hydrogens is 370 g/mol. The summed E-state index contributed by atoms with van der Waals surface area (Å²) in [5.41, 5.74) is 0.724. The summed E-state index contributed by atoms with van der Waals surface area (Å²) >= 11 is 1.40. The summed E-state index contributed by atoms with van der Waals surface area (Å²) in [7, 11) is 0. The van der Waals surface area contributed by atoms with Gasteiger partial charge in [0.1, 0.15) is 5.92 Å². The molecule has 9 heteroatoms. The van der Waals surface area contributed by atoms with E-state index in [2.05, 4.69) is 15.6 Å². The van der Waals surface area contributed by atoms with Crippen molar-refractivity contribution >= 4 is 34.4 Å². The van der Waals surface area contributed by atoms with Crippen molar-refractivity contribution in [2.45, 2.75) is 63.8 Å². The largest absolute Gasteiger partial charge is 0.481 e. The van der Waals surface area contributed by atoms with Crippen LogP contribution in [-0.4, -0.2) is 40.7 Å². The molecule has 0 radical (unpaired) electrons. The van der Waals surface area contributed by atoms with Gasteiger partial charge >= 0.3 is 18.0 Å². The minimum atomic E-state index is -0.762. The van der Waals surface area contributed by atoms with Crippen LogP contribution in [0.1, 0.15) is 61.9 Å². The van der Waals surface area contributed by atoms with Crippen LogP contribution in [-0.2, 0) is 20.7 Å². The van der Waals surface area contributed by atoms with Crippen LogP contribution in [0.25, 0.3) is 0 Å². The first kappa shape index (κ1) is 19.6. The van der Waals surface area contributed by atoms with Gasteiger partial charge in [0.25, 0.3) is 0 Å². The fourth-order valence-corrected chi connectivity index (χ4v) is 4.81. The summed E-state index contributed by atoms with van der Waals surface area (Å²) in [5, 5.41) is 15.2. The highest BCUT2D eigenvalue weighted by atomic mass is 32.1. The lowest BCUT2D eigenvalue weighted by Gasteiger charge is -2.26. The minimum absolute atomic E-state index is 0.0255. The van der Waals surface area contributed by atoms with Gasteiger partial charge in [-0.25, -0.2) is 9.78 Å². The monoisotopic (exact) mass is 395 g/mol. The van der Waals surface area contributed by atoms with E-state index in [0.717, 1.165) is 23.4 Å². The van der Waals surface area contributed by atoms with E-state index < -0.39 is 5.97 Å². The summed E-state index contributed by atoms with van der Waals surface area (Å²) in [6.07, 6.45) is 4.93. The Morgan fingerprint density at radius 3 is 2.63 bits per heavy atom. The second kappa shape index (κ2) is 8.69. The number of urea groups is 1. The zero-order chi connectivity index (χ0) is 19.4. The predicted octanol–water partition coefficient (Wildman–Crippen LogP) is 2.89. The number of esters is 1. The molecular formula is C18H25N3O5S. The molecule has 1 aromatic rings. The Morgan fingerprint density at radius 2 is 1.96 bits per heavy atom. The highest BCUT2D eigenvalue weighted by molar-refractivity contribution is 7.15. The van der Waals surface area contributed by atoms with Gasteiger partial charge in [0.2, 0.25) is 0 Å². The van der Waals surface area contributed by atoms with Gasteiger partial charge in [0.05, 0.1) is 18.2 Å². The number of carboxylic acids is 1. The van der Waals surface area contributed by atoms with E-state index in [1.54, 1.807) is 6.92 Å². The smallest absolute Gasteiger partial charge is 0.321 e. The molecule has 148 valence electrons. The summed E-state index contributed by atoms with van der Waals surface area (Å²) in [4.78, 5) is 40.9. The van der Waals surface area contributed by atoms with E-state index in [0.29, 0.717) is 43.8 Å². The van der Waals surface area contributed by atoms with E-state index in [1.807, 2.05) is 0 Å². The number of carboxylic acid groups (broad SMARTS) is 1. The summed E-state index contributed by atoms with van der Waals surface area (Å²) in [5.74, 6) is -1.68. The molecule has 1 atom stereocenters. The van der Waals surface area contributed by atoms with E-state index in [-0.39, 0.29) is 29.9 Å².